The first-order valence-electron chi connectivity index (χ1n) is 12.8. The molecular formula is C36H18F6. The number of fused-ring (bicyclic) bond motifs is 3. The molecule has 0 radical (unpaired) electrons. The topological polar surface area (TPSA) is 0 Å². The zero-order valence-corrected chi connectivity index (χ0v) is 21.9. The first kappa shape index (κ1) is 27.0. The van der Waals surface area contributed by atoms with Crippen LogP contribution < -0.4 is 0 Å². The van der Waals surface area contributed by atoms with Crippen molar-refractivity contribution >= 4 is 32.3 Å². The maximum absolute atomic E-state index is 15.6. The number of benzene rings is 6. The average molecular weight is 565 g/mol. The van der Waals surface area contributed by atoms with Crippen LogP contribution in [-0.4, -0.2) is 6.18 Å². The van der Waals surface area contributed by atoms with Gasteiger partial charge in [0, 0.05) is 33.4 Å². The predicted molar refractivity (Wildman–Crippen MR) is 154 cm³/mol. The normalized spacial score (nSPS) is 11.3. The van der Waals surface area contributed by atoms with Crippen molar-refractivity contribution in [3.8, 4) is 34.8 Å². The van der Waals surface area contributed by atoms with Gasteiger partial charge in [-0.05, 0) is 70.4 Å². The van der Waals surface area contributed by atoms with Gasteiger partial charge >= 0.3 is 6.18 Å². The highest BCUT2D eigenvalue weighted by Crippen LogP contribution is 2.33. The fourth-order valence-electron chi connectivity index (χ4n) is 4.93. The van der Waals surface area contributed by atoms with Crippen molar-refractivity contribution in [1.82, 2.24) is 0 Å². The quantitative estimate of drug-likeness (QED) is 0.138. The lowest BCUT2D eigenvalue weighted by molar-refractivity contribution is -0.0696. The van der Waals surface area contributed by atoms with Gasteiger partial charge in [0.2, 0.25) is 0 Å². The van der Waals surface area contributed by atoms with Crippen molar-refractivity contribution in [2.45, 2.75) is 13.1 Å². The highest BCUT2D eigenvalue weighted by molar-refractivity contribution is 5.93. The van der Waals surface area contributed by atoms with Crippen molar-refractivity contribution in [2.24, 2.45) is 0 Å². The van der Waals surface area contributed by atoms with Crippen molar-refractivity contribution in [3.63, 3.8) is 0 Å². The fraction of sp³-hybridized carbons (Fsp3) is 0.0556. The van der Waals surface area contributed by atoms with E-state index in [1.807, 2.05) is 31.2 Å². The van der Waals surface area contributed by atoms with Gasteiger partial charge in [-0.2, -0.15) is 13.2 Å². The maximum Gasteiger partial charge on any atom is 0.458 e. The number of hydrogen-bond acceptors (Lipinski definition) is 0. The summed E-state index contributed by atoms with van der Waals surface area (Å²) in [4.78, 5) is 0. The molecule has 0 bridgehead atoms. The molecule has 204 valence electrons. The van der Waals surface area contributed by atoms with Gasteiger partial charge in [-0.1, -0.05) is 77.9 Å². The Labute approximate surface area is 237 Å². The second-order valence-electron chi connectivity index (χ2n) is 9.91. The summed E-state index contributed by atoms with van der Waals surface area (Å²) in [5.74, 6) is 5.74. The average Bonchev–Trinajstić information content (AvgIpc) is 2.95. The minimum atomic E-state index is -4.89. The van der Waals surface area contributed by atoms with E-state index in [4.69, 9.17) is 0 Å². The van der Waals surface area contributed by atoms with Crippen molar-refractivity contribution in [1.29, 1.82) is 0 Å². The van der Waals surface area contributed by atoms with Crippen LogP contribution in [0.3, 0.4) is 0 Å². The SMILES string of the molecule is Cc1ccc2cc(C#Cc3ccc4c(F)c(-c5ccc6c(F)c(C#CC(F)(F)F)c(F)cc6c5)ccc4c3)ccc2c1. The first-order valence-corrected chi connectivity index (χ1v) is 12.8. The summed E-state index contributed by atoms with van der Waals surface area (Å²) in [5.41, 5.74) is 2.33. The summed E-state index contributed by atoms with van der Waals surface area (Å²) < 4.78 is 82.2. The molecule has 0 heterocycles. The van der Waals surface area contributed by atoms with E-state index in [1.54, 1.807) is 30.3 Å². The Bertz CT molecular complexity index is 2180. The molecule has 0 atom stereocenters. The van der Waals surface area contributed by atoms with Gasteiger partial charge in [0.15, 0.2) is 0 Å². The van der Waals surface area contributed by atoms with Crippen LogP contribution in [0, 0.1) is 48.1 Å². The number of hydrogen-bond donors (Lipinski definition) is 0. The van der Waals surface area contributed by atoms with Crippen LogP contribution in [0.2, 0.25) is 0 Å². The van der Waals surface area contributed by atoms with Crippen molar-refractivity contribution < 1.29 is 26.3 Å². The monoisotopic (exact) mass is 564 g/mol. The zero-order chi connectivity index (χ0) is 29.6. The van der Waals surface area contributed by atoms with E-state index in [-0.39, 0.29) is 16.3 Å². The minimum Gasteiger partial charge on any atom is -0.206 e. The van der Waals surface area contributed by atoms with Gasteiger partial charge in [0.25, 0.3) is 0 Å². The molecule has 0 aliphatic carbocycles. The van der Waals surface area contributed by atoms with E-state index >= 15 is 4.39 Å². The Morgan fingerprint density at radius 1 is 0.548 bits per heavy atom. The molecule has 0 nitrogen and oxygen atoms in total. The standard InChI is InChI=1S/C36H18F6/c1-21-2-7-25-17-22(5-8-24(25)16-21)3-4-23-6-11-29-26(18-23)9-12-30(34(29)38)27-10-13-31-28(19-27)20-33(37)32(35(31)39)14-15-36(40,41)42/h2,5-13,16-20H,1H3. The van der Waals surface area contributed by atoms with Gasteiger partial charge in [0.1, 0.15) is 17.5 Å². The van der Waals surface area contributed by atoms with Gasteiger partial charge in [-0.25, -0.2) is 13.2 Å². The smallest absolute Gasteiger partial charge is 0.206 e. The molecule has 0 N–H and O–H groups in total. The first-order chi connectivity index (χ1) is 20.1. The molecule has 42 heavy (non-hydrogen) atoms. The Morgan fingerprint density at radius 3 is 1.93 bits per heavy atom. The van der Waals surface area contributed by atoms with Crippen LogP contribution in [0.4, 0.5) is 26.3 Å². The number of aryl methyl sites for hydroxylation is 1. The second kappa shape index (κ2) is 10.3. The van der Waals surface area contributed by atoms with Crippen LogP contribution in [-0.2, 0) is 0 Å². The molecule has 0 saturated heterocycles. The highest BCUT2D eigenvalue weighted by Gasteiger charge is 2.24. The second-order valence-corrected chi connectivity index (χ2v) is 9.91. The number of rotatable bonds is 1. The molecule has 0 aliphatic rings. The van der Waals surface area contributed by atoms with Crippen LogP contribution in [0.25, 0.3) is 43.4 Å². The highest BCUT2D eigenvalue weighted by atomic mass is 19.4. The molecule has 0 fully saturated rings. The van der Waals surface area contributed by atoms with E-state index < -0.39 is 29.2 Å². The number of alkyl halides is 3. The lowest BCUT2D eigenvalue weighted by atomic mass is 9.96. The van der Waals surface area contributed by atoms with Crippen LogP contribution in [0.1, 0.15) is 22.3 Å². The van der Waals surface area contributed by atoms with E-state index in [9.17, 15) is 22.0 Å². The van der Waals surface area contributed by atoms with E-state index in [1.165, 1.54) is 29.7 Å². The molecule has 6 heteroatoms. The summed E-state index contributed by atoms with van der Waals surface area (Å²) in [5, 5.41) is 3.14. The van der Waals surface area contributed by atoms with Crippen LogP contribution in [0.5, 0.6) is 0 Å². The summed E-state index contributed by atoms with van der Waals surface area (Å²) >= 11 is 0. The lowest BCUT2D eigenvalue weighted by Crippen LogP contribution is -2.02. The van der Waals surface area contributed by atoms with Gasteiger partial charge in [0.05, 0.1) is 5.56 Å². The van der Waals surface area contributed by atoms with Gasteiger partial charge in [-0.3, -0.25) is 0 Å². The molecule has 0 aromatic heterocycles. The van der Waals surface area contributed by atoms with E-state index in [2.05, 4.69) is 24.0 Å². The molecule has 0 unspecified atom stereocenters. The number of halogens is 6. The Morgan fingerprint density at radius 2 is 1.17 bits per heavy atom. The summed E-state index contributed by atoms with van der Waals surface area (Å²) in [6.07, 6.45) is -4.89. The molecule has 6 rings (SSSR count). The predicted octanol–water partition coefficient (Wildman–Crippen LogP) is 9.85. The van der Waals surface area contributed by atoms with E-state index in [0.29, 0.717) is 21.9 Å². The molecule has 0 amide bonds. The largest absolute Gasteiger partial charge is 0.458 e. The summed E-state index contributed by atoms with van der Waals surface area (Å²) in [6, 6.07) is 25.6. The van der Waals surface area contributed by atoms with Gasteiger partial charge < -0.3 is 0 Å². The lowest BCUT2D eigenvalue weighted by Gasteiger charge is -2.10. The van der Waals surface area contributed by atoms with Crippen molar-refractivity contribution in [2.75, 3.05) is 0 Å². The zero-order valence-electron chi connectivity index (χ0n) is 21.9. The third-order valence-corrected chi connectivity index (χ3v) is 6.97. The third-order valence-electron chi connectivity index (χ3n) is 6.97. The Kier molecular flexibility index (Phi) is 6.64. The Balaban J connectivity index is 1.33. The van der Waals surface area contributed by atoms with E-state index in [0.717, 1.165) is 28.3 Å². The molecule has 6 aromatic rings. The summed E-state index contributed by atoms with van der Waals surface area (Å²) in [6.45, 7) is 2.04. The van der Waals surface area contributed by atoms with Crippen LogP contribution in [0.15, 0.2) is 91.0 Å². The molecular weight excluding hydrogens is 546 g/mol. The fourth-order valence-corrected chi connectivity index (χ4v) is 4.93. The van der Waals surface area contributed by atoms with Crippen molar-refractivity contribution in [3.05, 3.63) is 131 Å². The molecule has 0 spiro atoms. The maximum atomic E-state index is 15.6. The summed E-state index contributed by atoms with van der Waals surface area (Å²) in [7, 11) is 0. The Hall–Kier alpha value is -5.20. The molecule has 0 saturated carbocycles. The molecule has 6 aromatic carbocycles. The minimum absolute atomic E-state index is 0.0639. The molecule has 0 aliphatic heterocycles. The van der Waals surface area contributed by atoms with Gasteiger partial charge in [-0.15, -0.1) is 0 Å². The third kappa shape index (κ3) is 5.28. The van der Waals surface area contributed by atoms with Crippen LogP contribution >= 0.6 is 0 Å².